The van der Waals surface area contributed by atoms with Crippen LogP contribution in [0, 0.1) is 12.8 Å². The maximum Gasteiger partial charge on any atom is 0.0896 e. The lowest BCUT2D eigenvalue weighted by Gasteiger charge is -2.06. The number of rotatable bonds is 4. The Morgan fingerprint density at radius 1 is 1.50 bits per heavy atom. The summed E-state index contributed by atoms with van der Waals surface area (Å²) >= 11 is 8.78. The monoisotopic (exact) mass is 311 g/mol. The summed E-state index contributed by atoms with van der Waals surface area (Å²) in [5.74, 6) is 0.685. The van der Waals surface area contributed by atoms with Gasteiger partial charge in [0.15, 0.2) is 0 Å². The average Bonchev–Trinajstić information content (AvgIpc) is 2.47. The van der Waals surface area contributed by atoms with Gasteiger partial charge in [-0.05, 0) is 19.3 Å². The molecular weight excluding hydrogens is 302 g/mol. The van der Waals surface area contributed by atoms with Gasteiger partial charge in [0, 0.05) is 21.7 Å². The maximum absolute atomic E-state index is 4.23. The van der Waals surface area contributed by atoms with Gasteiger partial charge in [-0.15, -0.1) is 11.3 Å². The fraction of sp³-hybridized carbons (Fsp3) is 0.625. The molecule has 0 N–H and O–H groups in total. The van der Waals surface area contributed by atoms with Crippen LogP contribution in [-0.2, 0) is 6.42 Å². The first-order chi connectivity index (χ1) is 5.76. The molecule has 1 aromatic heterocycles. The molecule has 0 bridgehead atoms. The van der Waals surface area contributed by atoms with Crippen LogP contribution in [0.3, 0.4) is 0 Å². The topological polar surface area (TPSA) is 12.9 Å². The Balaban J connectivity index is 2.50. The van der Waals surface area contributed by atoms with E-state index in [0.29, 0.717) is 5.92 Å². The smallest absolute Gasteiger partial charge is 0.0896 e. The van der Waals surface area contributed by atoms with Crippen LogP contribution in [0.1, 0.15) is 9.88 Å². The minimum Gasteiger partial charge on any atom is -0.250 e. The molecule has 0 spiro atoms. The summed E-state index contributed by atoms with van der Waals surface area (Å²) in [4.78, 5) is 5.61. The maximum atomic E-state index is 4.23. The van der Waals surface area contributed by atoms with Gasteiger partial charge in [0.1, 0.15) is 0 Å². The van der Waals surface area contributed by atoms with Crippen molar-refractivity contribution >= 4 is 43.2 Å². The molecule has 4 heteroatoms. The molecule has 1 heterocycles. The van der Waals surface area contributed by atoms with Crippen molar-refractivity contribution in [3.8, 4) is 0 Å². The summed E-state index contributed by atoms with van der Waals surface area (Å²) in [6.07, 6.45) is 3.11. The van der Waals surface area contributed by atoms with E-state index >= 15 is 0 Å². The van der Waals surface area contributed by atoms with Crippen LogP contribution in [0.4, 0.5) is 0 Å². The summed E-state index contributed by atoms with van der Waals surface area (Å²) in [6.45, 7) is 2.05. The molecular formula is C8H11Br2NS. The third-order valence-corrected chi connectivity index (χ3v) is 4.36. The van der Waals surface area contributed by atoms with E-state index in [2.05, 4.69) is 36.8 Å². The van der Waals surface area contributed by atoms with E-state index in [0.717, 1.165) is 22.1 Å². The van der Waals surface area contributed by atoms with Crippen LogP contribution in [-0.4, -0.2) is 15.6 Å². The molecule has 0 aliphatic rings. The molecule has 0 radical (unpaired) electrons. The van der Waals surface area contributed by atoms with E-state index in [1.165, 1.54) is 4.88 Å². The minimum atomic E-state index is 0.685. The quantitative estimate of drug-likeness (QED) is 0.777. The van der Waals surface area contributed by atoms with E-state index in [9.17, 15) is 0 Å². The molecule has 0 fully saturated rings. The lowest BCUT2D eigenvalue weighted by Crippen LogP contribution is -2.06. The molecule has 0 atom stereocenters. The molecule has 0 unspecified atom stereocenters. The zero-order chi connectivity index (χ0) is 8.97. The number of aromatic nitrogens is 1. The first-order valence-electron chi connectivity index (χ1n) is 3.79. The average molecular weight is 313 g/mol. The number of aryl methyl sites for hydroxylation is 1. The number of hydrogen-bond donors (Lipinski definition) is 0. The molecule has 68 valence electrons. The number of halogens is 2. The second-order valence-electron chi connectivity index (χ2n) is 2.72. The Kier molecular flexibility index (Phi) is 4.75. The van der Waals surface area contributed by atoms with Crippen molar-refractivity contribution in [1.29, 1.82) is 0 Å². The normalized spacial score (nSPS) is 11.0. The second-order valence-corrected chi connectivity index (χ2v) is 5.34. The van der Waals surface area contributed by atoms with Crippen LogP contribution in [0.5, 0.6) is 0 Å². The van der Waals surface area contributed by atoms with Gasteiger partial charge >= 0.3 is 0 Å². The van der Waals surface area contributed by atoms with Crippen molar-refractivity contribution in [2.24, 2.45) is 5.92 Å². The fourth-order valence-electron chi connectivity index (χ4n) is 0.935. The van der Waals surface area contributed by atoms with Crippen molar-refractivity contribution in [2.75, 3.05) is 10.7 Å². The predicted octanol–water partition coefficient (Wildman–Crippen LogP) is 3.40. The third-order valence-electron chi connectivity index (χ3n) is 1.60. The van der Waals surface area contributed by atoms with Gasteiger partial charge < -0.3 is 0 Å². The molecule has 0 aliphatic heterocycles. The highest BCUT2D eigenvalue weighted by molar-refractivity contribution is 9.09. The van der Waals surface area contributed by atoms with E-state index in [4.69, 9.17) is 0 Å². The standard InChI is InChI=1S/C8H11Br2NS/c1-6-11-5-8(12-6)2-7(3-9)4-10/h5,7H,2-4H2,1H3. The highest BCUT2D eigenvalue weighted by atomic mass is 79.9. The number of hydrogen-bond acceptors (Lipinski definition) is 2. The molecule has 0 saturated carbocycles. The van der Waals surface area contributed by atoms with Crippen molar-refractivity contribution in [2.45, 2.75) is 13.3 Å². The van der Waals surface area contributed by atoms with Crippen molar-refractivity contribution in [3.05, 3.63) is 16.1 Å². The zero-order valence-electron chi connectivity index (χ0n) is 6.89. The van der Waals surface area contributed by atoms with Crippen molar-refractivity contribution in [1.82, 2.24) is 4.98 Å². The van der Waals surface area contributed by atoms with Gasteiger partial charge in [0.05, 0.1) is 5.01 Å². The van der Waals surface area contributed by atoms with Crippen LogP contribution < -0.4 is 0 Å². The van der Waals surface area contributed by atoms with Crippen LogP contribution in [0.25, 0.3) is 0 Å². The Labute approximate surface area is 93.9 Å². The number of alkyl halides is 2. The lowest BCUT2D eigenvalue weighted by atomic mass is 10.1. The first kappa shape index (κ1) is 10.7. The van der Waals surface area contributed by atoms with Crippen molar-refractivity contribution in [3.63, 3.8) is 0 Å². The first-order valence-corrected chi connectivity index (χ1v) is 6.85. The van der Waals surface area contributed by atoms with Gasteiger partial charge in [-0.2, -0.15) is 0 Å². The van der Waals surface area contributed by atoms with Crippen molar-refractivity contribution < 1.29 is 0 Å². The highest BCUT2D eigenvalue weighted by Crippen LogP contribution is 2.18. The molecule has 1 nitrogen and oxygen atoms in total. The van der Waals surface area contributed by atoms with Gasteiger partial charge in [-0.1, -0.05) is 31.9 Å². The minimum absolute atomic E-state index is 0.685. The van der Waals surface area contributed by atoms with Crippen LogP contribution >= 0.6 is 43.2 Å². The SMILES string of the molecule is Cc1ncc(CC(CBr)CBr)s1. The van der Waals surface area contributed by atoms with E-state index in [1.807, 2.05) is 13.1 Å². The third kappa shape index (κ3) is 3.15. The molecule has 12 heavy (non-hydrogen) atoms. The Hall–Kier alpha value is 0.590. The lowest BCUT2D eigenvalue weighted by molar-refractivity contribution is 0.686. The van der Waals surface area contributed by atoms with Crippen LogP contribution in [0.15, 0.2) is 6.20 Å². The summed E-state index contributed by atoms with van der Waals surface area (Å²) in [5, 5.41) is 3.26. The van der Waals surface area contributed by atoms with E-state index in [1.54, 1.807) is 11.3 Å². The van der Waals surface area contributed by atoms with Crippen LogP contribution in [0.2, 0.25) is 0 Å². The predicted molar refractivity (Wildman–Crippen MR) is 61.6 cm³/mol. The summed E-state index contributed by atoms with van der Waals surface area (Å²) in [5.41, 5.74) is 0. The summed E-state index contributed by atoms with van der Waals surface area (Å²) in [6, 6.07) is 0. The van der Waals surface area contributed by atoms with Gasteiger partial charge in [-0.3, -0.25) is 0 Å². The molecule has 0 aliphatic carbocycles. The molecule has 0 aromatic carbocycles. The summed E-state index contributed by atoms with van der Waals surface area (Å²) < 4.78 is 0. The molecule has 0 saturated heterocycles. The van der Waals surface area contributed by atoms with E-state index in [-0.39, 0.29) is 0 Å². The largest absolute Gasteiger partial charge is 0.250 e. The zero-order valence-corrected chi connectivity index (χ0v) is 10.9. The fourth-order valence-corrected chi connectivity index (χ4v) is 3.37. The van der Waals surface area contributed by atoms with Gasteiger partial charge in [0.2, 0.25) is 0 Å². The molecule has 1 aromatic rings. The Morgan fingerprint density at radius 3 is 2.58 bits per heavy atom. The molecule has 0 amide bonds. The summed E-state index contributed by atoms with van der Waals surface area (Å²) in [7, 11) is 0. The van der Waals surface area contributed by atoms with E-state index < -0.39 is 0 Å². The Bertz CT molecular complexity index is 233. The number of nitrogens with zero attached hydrogens (tertiary/aromatic N) is 1. The highest BCUT2D eigenvalue weighted by Gasteiger charge is 2.08. The number of thiazole rings is 1. The van der Waals surface area contributed by atoms with Gasteiger partial charge in [0.25, 0.3) is 0 Å². The Morgan fingerprint density at radius 2 is 2.17 bits per heavy atom. The second kappa shape index (κ2) is 5.35. The van der Waals surface area contributed by atoms with Gasteiger partial charge in [-0.25, -0.2) is 4.98 Å². The molecule has 1 rings (SSSR count).